The van der Waals surface area contributed by atoms with E-state index in [1.165, 1.54) is 18.6 Å². The summed E-state index contributed by atoms with van der Waals surface area (Å²) in [5, 5.41) is 7.36. The van der Waals surface area contributed by atoms with Gasteiger partial charge in [-0.3, -0.25) is 9.89 Å². The number of benzene rings is 1. The molecule has 2 heterocycles. The van der Waals surface area contributed by atoms with E-state index < -0.39 is 0 Å². The number of piperidine rings is 1. The molecule has 94 valence electrons. The van der Waals surface area contributed by atoms with Crippen LogP contribution in [0.3, 0.4) is 0 Å². The van der Waals surface area contributed by atoms with Crippen LogP contribution in [0, 0.1) is 5.82 Å². The summed E-state index contributed by atoms with van der Waals surface area (Å²) >= 11 is 0. The van der Waals surface area contributed by atoms with Gasteiger partial charge in [0.25, 0.3) is 5.91 Å². The van der Waals surface area contributed by atoms with Crippen molar-refractivity contribution in [2.24, 2.45) is 0 Å². The first-order chi connectivity index (χ1) is 8.75. The molecule has 0 bridgehead atoms. The molecule has 1 aliphatic heterocycles. The molecule has 1 aromatic carbocycles. The van der Waals surface area contributed by atoms with Gasteiger partial charge in [0.15, 0.2) is 5.69 Å². The highest BCUT2D eigenvalue weighted by molar-refractivity contribution is 6.04. The molecule has 0 saturated carbocycles. The van der Waals surface area contributed by atoms with Crippen LogP contribution in [0.25, 0.3) is 10.9 Å². The maximum absolute atomic E-state index is 13.2. The molecule has 1 fully saturated rings. The van der Waals surface area contributed by atoms with Crippen molar-refractivity contribution in [1.29, 1.82) is 0 Å². The van der Waals surface area contributed by atoms with E-state index in [-0.39, 0.29) is 11.7 Å². The number of likely N-dealkylation sites (tertiary alicyclic amines) is 1. The second kappa shape index (κ2) is 4.40. The van der Waals surface area contributed by atoms with Crippen LogP contribution in [0.2, 0.25) is 0 Å². The Balaban J connectivity index is 1.98. The van der Waals surface area contributed by atoms with E-state index in [0.29, 0.717) is 16.6 Å². The van der Waals surface area contributed by atoms with Gasteiger partial charge >= 0.3 is 0 Å². The van der Waals surface area contributed by atoms with Gasteiger partial charge in [-0.2, -0.15) is 5.10 Å². The first kappa shape index (κ1) is 11.2. The summed E-state index contributed by atoms with van der Waals surface area (Å²) in [5.74, 6) is -0.455. The molecular formula is C13H14FN3O. The van der Waals surface area contributed by atoms with Gasteiger partial charge in [0.2, 0.25) is 0 Å². The second-order valence-corrected chi connectivity index (χ2v) is 4.61. The normalized spacial score (nSPS) is 16.2. The zero-order valence-electron chi connectivity index (χ0n) is 9.95. The second-order valence-electron chi connectivity index (χ2n) is 4.61. The summed E-state index contributed by atoms with van der Waals surface area (Å²) in [7, 11) is 0. The molecule has 1 amide bonds. The highest BCUT2D eigenvalue weighted by Crippen LogP contribution is 2.20. The van der Waals surface area contributed by atoms with Crippen LogP contribution in [-0.4, -0.2) is 34.1 Å². The topological polar surface area (TPSA) is 49.0 Å². The van der Waals surface area contributed by atoms with Crippen LogP contribution in [-0.2, 0) is 0 Å². The van der Waals surface area contributed by atoms with Crippen LogP contribution in [0.1, 0.15) is 29.8 Å². The van der Waals surface area contributed by atoms with Crippen molar-refractivity contribution >= 4 is 16.8 Å². The number of halogens is 1. The van der Waals surface area contributed by atoms with Crippen LogP contribution >= 0.6 is 0 Å². The number of nitrogens with one attached hydrogen (secondary N) is 1. The number of hydrogen-bond donors (Lipinski definition) is 1. The molecule has 2 aromatic rings. The van der Waals surface area contributed by atoms with Gasteiger partial charge in [-0.25, -0.2) is 4.39 Å². The van der Waals surface area contributed by atoms with Crippen molar-refractivity contribution in [2.75, 3.05) is 13.1 Å². The minimum atomic E-state index is -0.350. The Morgan fingerprint density at radius 2 is 2.06 bits per heavy atom. The lowest BCUT2D eigenvalue weighted by atomic mass is 10.1. The first-order valence-corrected chi connectivity index (χ1v) is 6.18. The van der Waals surface area contributed by atoms with E-state index in [2.05, 4.69) is 10.2 Å². The smallest absolute Gasteiger partial charge is 0.274 e. The van der Waals surface area contributed by atoms with Crippen molar-refractivity contribution in [3.05, 3.63) is 29.7 Å². The van der Waals surface area contributed by atoms with Crippen LogP contribution in [0.4, 0.5) is 4.39 Å². The van der Waals surface area contributed by atoms with Gasteiger partial charge in [0, 0.05) is 18.5 Å². The molecule has 1 aromatic heterocycles. The Bertz CT molecular complexity index is 587. The number of H-pyrrole nitrogens is 1. The molecule has 5 heteroatoms. The summed E-state index contributed by atoms with van der Waals surface area (Å²) < 4.78 is 13.2. The molecule has 0 unspecified atom stereocenters. The van der Waals surface area contributed by atoms with Gasteiger partial charge in [-0.15, -0.1) is 0 Å². The minimum Gasteiger partial charge on any atom is -0.337 e. The van der Waals surface area contributed by atoms with Crippen molar-refractivity contribution in [1.82, 2.24) is 15.1 Å². The molecule has 18 heavy (non-hydrogen) atoms. The number of fused-ring (bicyclic) bond motifs is 1. The quantitative estimate of drug-likeness (QED) is 0.840. The summed E-state index contributed by atoms with van der Waals surface area (Å²) in [5.41, 5.74) is 1.02. The Kier molecular flexibility index (Phi) is 2.74. The number of aromatic amines is 1. The fourth-order valence-electron chi connectivity index (χ4n) is 2.40. The third-order valence-corrected chi connectivity index (χ3v) is 3.37. The van der Waals surface area contributed by atoms with Crippen molar-refractivity contribution in [2.45, 2.75) is 19.3 Å². The summed E-state index contributed by atoms with van der Waals surface area (Å²) in [6.07, 6.45) is 3.23. The van der Waals surface area contributed by atoms with Crippen molar-refractivity contribution < 1.29 is 9.18 Å². The Morgan fingerprint density at radius 3 is 2.83 bits per heavy atom. The average Bonchev–Trinajstić information content (AvgIpc) is 2.82. The Labute approximate surface area is 104 Å². The molecule has 1 aliphatic rings. The van der Waals surface area contributed by atoms with Crippen LogP contribution < -0.4 is 0 Å². The maximum atomic E-state index is 13.2. The molecule has 0 aliphatic carbocycles. The molecule has 0 radical (unpaired) electrons. The van der Waals surface area contributed by atoms with Gasteiger partial charge < -0.3 is 4.90 Å². The van der Waals surface area contributed by atoms with Gasteiger partial charge in [0.1, 0.15) is 5.82 Å². The van der Waals surface area contributed by atoms with Gasteiger partial charge in [0.05, 0.1) is 5.52 Å². The summed E-state index contributed by atoms with van der Waals surface area (Å²) in [6.45, 7) is 1.53. The summed E-state index contributed by atoms with van der Waals surface area (Å²) in [4.78, 5) is 14.1. The zero-order valence-corrected chi connectivity index (χ0v) is 9.95. The predicted molar refractivity (Wildman–Crippen MR) is 65.8 cm³/mol. The highest BCUT2D eigenvalue weighted by atomic mass is 19.1. The van der Waals surface area contributed by atoms with E-state index in [4.69, 9.17) is 0 Å². The fourth-order valence-corrected chi connectivity index (χ4v) is 2.40. The fraction of sp³-hybridized carbons (Fsp3) is 0.385. The molecule has 1 N–H and O–H groups in total. The summed E-state index contributed by atoms with van der Waals surface area (Å²) in [6, 6.07) is 4.32. The SMILES string of the molecule is O=C(c1n[nH]c2ccc(F)cc12)N1CCCCC1. The maximum Gasteiger partial charge on any atom is 0.274 e. The number of hydrogen-bond acceptors (Lipinski definition) is 2. The lowest BCUT2D eigenvalue weighted by molar-refractivity contribution is 0.0720. The van der Waals surface area contributed by atoms with Crippen molar-refractivity contribution in [3.63, 3.8) is 0 Å². The molecule has 3 rings (SSSR count). The minimum absolute atomic E-state index is 0.105. The lowest BCUT2D eigenvalue weighted by Crippen LogP contribution is -2.35. The largest absolute Gasteiger partial charge is 0.337 e. The lowest BCUT2D eigenvalue weighted by Gasteiger charge is -2.25. The van der Waals surface area contributed by atoms with Gasteiger partial charge in [-0.05, 0) is 37.5 Å². The van der Waals surface area contributed by atoms with E-state index in [9.17, 15) is 9.18 Å². The Hall–Kier alpha value is -1.91. The first-order valence-electron chi connectivity index (χ1n) is 6.18. The van der Waals surface area contributed by atoms with E-state index in [1.54, 1.807) is 11.0 Å². The Morgan fingerprint density at radius 1 is 1.28 bits per heavy atom. The number of aromatic nitrogens is 2. The molecular weight excluding hydrogens is 233 g/mol. The number of amides is 1. The number of nitrogens with zero attached hydrogens (tertiary/aromatic N) is 2. The molecule has 0 atom stereocenters. The molecule has 1 saturated heterocycles. The number of carbonyl (C=O) groups excluding carboxylic acids is 1. The standard InChI is InChI=1S/C13H14FN3O/c14-9-4-5-11-10(8-9)12(16-15-11)13(18)17-6-2-1-3-7-17/h4-5,8H,1-3,6-7H2,(H,15,16). The highest BCUT2D eigenvalue weighted by Gasteiger charge is 2.22. The third kappa shape index (κ3) is 1.85. The monoisotopic (exact) mass is 247 g/mol. The molecule has 4 nitrogen and oxygen atoms in total. The third-order valence-electron chi connectivity index (χ3n) is 3.37. The number of carbonyl (C=O) groups is 1. The van der Waals surface area contributed by atoms with Crippen LogP contribution in [0.5, 0.6) is 0 Å². The van der Waals surface area contributed by atoms with E-state index in [0.717, 1.165) is 25.9 Å². The van der Waals surface area contributed by atoms with Crippen molar-refractivity contribution in [3.8, 4) is 0 Å². The predicted octanol–water partition coefficient (Wildman–Crippen LogP) is 2.33. The average molecular weight is 247 g/mol. The number of rotatable bonds is 1. The van der Waals surface area contributed by atoms with E-state index in [1.807, 2.05) is 0 Å². The molecule has 0 spiro atoms. The van der Waals surface area contributed by atoms with Gasteiger partial charge in [-0.1, -0.05) is 0 Å². The zero-order chi connectivity index (χ0) is 12.5. The van der Waals surface area contributed by atoms with Crippen LogP contribution in [0.15, 0.2) is 18.2 Å². The van der Waals surface area contributed by atoms with E-state index >= 15 is 0 Å².